The molecule has 1 aromatic heterocycles. The smallest absolute Gasteiger partial charge is 0.338 e. The summed E-state index contributed by atoms with van der Waals surface area (Å²) in [7, 11) is 0. The lowest BCUT2D eigenvalue weighted by Gasteiger charge is -2.17. The van der Waals surface area contributed by atoms with Crippen LogP contribution in [-0.2, 0) is 4.75 Å². The summed E-state index contributed by atoms with van der Waals surface area (Å²) in [5.74, 6) is 0.777. The van der Waals surface area contributed by atoms with Crippen LogP contribution in [0.3, 0.4) is 0 Å². The Morgan fingerprint density at radius 1 is 1.56 bits per heavy atom. The Bertz CT molecular complexity index is 614. The van der Waals surface area contributed by atoms with Crippen LogP contribution >= 0.6 is 11.8 Å². The number of aromatic nitrogens is 1. The molecule has 0 radical (unpaired) electrons. The number of carboxylic acids is 1. The second kappa shape index (κ2) is 4.02. The van der Waals surface area contributed by atoms with Gasteiger partial charge >= 0.3 is 5.97 Å². The Morgan fingerprint density at radius 3 is 3.06 bits per heavy atom. The number of nitrogens with zero attached hydrogens (tertiary/aromatic N) is 1. The Morgan fingerprint density at radius 2 is 2.39 bits per heavy atom. The summed E-state index contributed by atoms with van der Waals surface area (Å²) in [6.07, 6.45) is 2.17. The third kappa shape index (κ3) is 1.70. The maximum absolute atomic E-state index is 11.1. The molecule has 94 valence electrons. The fourth-order valence-electron chi connectivity index (χ4n) is 2.30. The van der Waals surface area contributed by atoms with Gasteiger partial charge in [0.05, 0.1) is 10.3 Å². The van der Waals surface area contributed by atoms with Crippen LogP contribution < -0.4 is 0 Å². The largest absolute Gasteiger partial charge is 0.478 e. The molecule has 18 heavy (non-hydrogen) atoms. The van der Waals surface area contributed by atoms with Crippen LogP contribution in [0.2, 0.25) is 0 Å². The molecule has 0 amide bonds. The first-order valence-corrected chi connectivity index (χ1v) is 6.86. The molecule has 5 heteroatoms. The van der Waals surface area contributed by atoms with Crippen molar-refractivity contribution in [2.45, 2.75) is 24.5 Å². The van der Waals surface area contributed by atoms with E-state index in [4.69, 9.17) is 9.52 Å². The van der Waals surface area contributed by atoms with Crippen LogP contribution in [0.5, 0.6) is 0 Å². The van der Waals surface area contributed by atoms with Gasteiger partial charge in [-0.3, -0.25) is 0 Å². The number of para-hydroxylation sites is 1. The maximum Gasteiger partial charge on any atom is 0.338 e. The molecule has 1 aliphatic rings. The molecular weight excluding hydrogens is 250 g/mol. The minimum atomic E-state index is -0.968. The average Bonchev–Trinajstić information content (AvgIpc) is 2.94. The van der Waals surface area contributed by atoms with E-state index in [2.05, 4.69) is 11.9 Å². The number of hydrogen-bond donors (Lipinski definition) is 1. The number of oxazole rings is 1. The van der Waals surface area contributed by atoms with Crippen LogP contribution in [0, 0.1) is 0 Å². The van der Waals surface area contributed by atoms with Gasteiger partial charge in [-0.1, -0.05) is 6.07 Å². The molecule has 1 atom stereocenters. The van der Waals surface area contributed by atoms with Crippen molar-refractivity contribution in [2.24, 2.45) is 0 Å². The van der Waals surface area contributed by atoms with Gasteiger partial charge in [-0.25, -0.2) is 9.78 Å². The summed E-state index contributed by atoms with van der Waals surface area (Å²) >= 11 is 1.82. The molecule has 0 spiro atoms. The molecule has 1 fully saturated rings. The van der Waals surface area contributed by atoms with Crippen molar-refractivity contribution in [3.8, 4) is 0 Å². The number of fused-ring (bicyclic) bond motifs is 1. The Balaban J connectivity index is 2.16. The third-order valence-corrected chi connectivity index (χ3v) is 4.83. The van der Waals surface area contributed by atoms with Crippen molar-refractivity contribution in [3.05, 3.63) is 29.7 Å². The maximum atomic E-state index is 11.1. The first-order chi connectivity index (χ1) is 8.60. The van der Waals surface area contributed by atoms with E-state index in [0.29, 0.717) is 17.0 Å². The first kappa shape index (κ1) is 11.6. The van der Waals surface area contributed by atoms with Gasteiger partial charge in [0.15, 0.2) is 5.58 Å². The van der Waals surface area contributed by atoms with Gasteiger partial charge in [0.2, 0.25) is 5.89 Å². The number of rotatable bonds is 2. The van der Waals surface area contributed by atoms with Crippen molar-refractivity contribution in [1.82, 2.24) is 4.98 Å². The van der Waals surface area contributed by atoms with Crippen molar-refractivity contribution in [3.63, 3.8) is 0 Å². The highest BCUT2D eigenvalue weighted by Crippen LogP contribution is 2.46. The number of carboxylic acid groups (broad SMARTS) is 1. The summed E-state index contributed by atoms with van der Waals surface area (Å²) in [5, 5.41) is 9.13. The lowest BCUT2D eigenvalue weighted by atomic mass is 10.1. The van der Waals surface area contributed by atoms with Crippen molar-refractivity contribution in [1.29, 1.82) is 0 Å². The van der Waals surface area contributed by atoms with E-state index in [-0.39, 0.29) is 10.3 Å². The van der Waals surface area contributed by atoms with Gasteiger partial charge in [-0.15, -0.1) is 11.8 Å². The highest BCUT2D eigenvalue weighted by atomic mass is 32.2. The van der Waals surface area contributed by atoms with Gasteiger partial charge in [-0.05, 0) is 37.7 Å². The van der Waals surface area contributed by atoms with Crippen LogP contribution in [-0.4, -0.2) is 21.8 Å². The molecule has 1 aromatic carbocycles. The van der Waals surface area contributed by atoms with Gasteiger partial charge in [0.25, 0.3) is 0 Å². The minimum absolute atomic E-state index is 0.116. The lowest BCUT2D eigenvalue weighted by molar-refractivity contribution is 0.0699. The van der Waals surface area contributed by atoms with Crippen molar-refractivity contribution < 1.29 is 14.3 Å². The van der Waals surface area contributed by atoms with Crippen molar-refractivity contribution in [2.75, 3.05) is 5.75 Å². The number of aromatic carboxylic acids is 1. The van der Waals surface area contributed by atoms with Gasteiger partial charge in [0.1, 0.15) is 5.52 Å². The zero-order chi connectivity index (χ0) is 12.8. The van der Waals surface area contributed by atoms with Gasteiger partial charge in [-0.2, -0.15) is 0 Å². The van der Waals surface area contributed by atoms with E-state index >= 15 is 0 Å². The molecule has 0 aliphatic carbocycles. The van der Waals surface area contributed by atoms with E-state index in [0.717, 1.165) is 18.6 Å². The Kier molecular flexibility index (Phi) is 2.59. The monoisotopic (exact) mass is 263 g/mol. The molecule has 1 aliphatic heterocycles. The highest BCUT2D eigenvalue weighted by molar-refractivity contribution is 8.00. The van der Waals surface area contributed by atoms with E-state index in [1.165, 1.54) is 0 Å². The number of benzene rings is 1. The zero-order valence-corrected chi connectivity index (χ0v) is 10.8. The fraction of sp³-hybridized carbons (Fsp3) is 0.385. The van der Waals surface area contributed by atoms with E-state index in [1.807, 2.05) is 11.8 Å². The normalized spacial score (nSPS) is 23.6. The van der Waals surface area contributed by atoms with Gasteiger partial charge < -0.3 is 9.52 Å². The lowest BCUT2D eigenvalue weighted by Crippen LogP contribution is -2.12. The van der Waals surface area contributed by atoms with Crippen LogP contribution in [0.4, 0.5) is 0 Å². The zero-order valence-electron chi connectivity index (χ0n) is 9.97. The van der Waals surface area contributed by atoms with Crippen molar-refractivity contribution >= 4 is 28.8 Å². The second-order valence-corrected chi connectivity index (χ2v) is 6.26. The summed E-state index contributed by atoms with van der Waals surface area (Å²) in [5.41, 5.74) is 1.21. The predicted molar refractivity (Wildman–Crippen MR) is 70.0 cm³/mol. The minimum Gasteiger partial charge on any atom is -0.478 e. The average molecular weight is 263 g/mol. The van der Waals surface area contributed by atoms with Crippen LogP contribution in [0.1, 0.15) is 36.0 Å². The quantitative estimate of drug-likeness (QED) is 0.900. The highest BCUT2D eigenvalue weighted by Gasteiger charge is 2.36. The summed E-state index contributed by atoms with van der Waals surface area (Å²) in [6.45, 7) is 2.11. The van der Waals surface area contributed by atoms with Crippen LogP contribution in [0.25, 0.3) is 11.1 Å². The first-order valence-electron chi connectivity index (χ1n) is 5.87. The summed E-state index contributed by atoms with van der Waals surface area (Å²) in [4.78, 5) is 15.6. The van der Waals surface area contributed by atoms with E-state index < -0.39 is 5.97 Å². The third-order valence-electron chi connectivity index (χ3n) is 3.32. The number of hydrogen-bond acceptors (Lipinski definition) is 4. The molecule has 1 saturated heterocycles. The Labute approximate surface area is 108 Å². The van der Waals surface area contributed by atoms with E-state index in [9.17, 15) is 4.79 Å². The fourth-order valence-corrected chi connectivity index (χ4v) is 3.53. The molecular formula is C13H13NO3S. The Hall–Kier alpha value is -1.49. The molecule has 1 unspecified atom stereocenters. The molecule has 3 rings (SSSR count). The molecule has 2 aromatic rings. The standard InChI is InChI=1S/C13H13NO3S/c1-13(6-3-7-18-13)12-14-10-8(11(15)16)4-2-5-9(10)17-12/h2,4-5H,3,6-7H2,1H3,(H,15,16). The summed E-state index contributed by atoms with van der Waals surface area (Å²) < 4.78 is 5.63. The molecule has 0 bridgehead atoms. The van der Waals surface area contributed by atoms with Crippen LogP contribution in [0.15, 0.2) is 22.6 Å². The van der Waals surface area contributed by atoms with Gasteiger partial charge in [0, 0.05) is 0 Å². The number of carbonyl (C=O) groups is 1. The molecule has 1 N–H and O–H groups in total. The number of thioether (sulfide) groups is 1. The topological polar surface area (TPSA) is 63.3 Å². The second-order valence-electron chi connectivity index (χ2n) is 4.66. The molecule has 2 heterocycles. The molecule has 4 nitrogen and oxygen atoms in total. The van der Waals surface area contributed by atoms with E-state index in [1.54, 1.807) is 18.2 Å². The molecule has 0 saturated carbocycles. The SMILES string of the molecule is CC1(c2nc3c(C(=O)O)cccc3o2)CCCS1. The summed E-state index contributed by atoms with van der Waals surface area (Å²) in [6, 6.07) is 5.01. The predicted octanol–water partition coefficient (Wildman–Crippen LogP) is 3.27.